The van der Waals surface area contributed by atoms with Gasteiger partial charge in [-0.1, -0.05) is 23.8 Å². The zero-order valence-electron chi connectivity index (χ0n) is 8.95. The van der Waals surface area contributed by atoms with Gasteiger partial charge in [0.25, 0.3) is 0 Å². The van der Waals surface area contributed by atoms with E-state index in [1.54, 1.807) is 0 Å². The van der Waals surface area contributed by atoms with E-state index in [4.69, 9.17) is 4.74 Å². The Balaban J connectivity index is 2.18. The molecule has 2 rings (SSSR count). The lowest BCUT2D eigenvalue weighted by molar-refractivity contribution is 0.482. The molecule has 15 heavy (non-hydrogen) atoms. The second-order valence-corrected chi connectivity index (χ2v) is 3.62. The van der Waals surface area contributed by atoms with Crippen LogP contribution in [0.5, 0.6) is 11.5 Å². The van der Waals surface area contributed by atoms with Crippen molar-refractivity contribution in [2.45, 2.75) is 13.8 Å². The van der Waals surface area contributed by atoms with Crippen molar-refractivity contribution in [3.05, 3.63) is 59.7 Å². The van der Waals surface area contributed by atoms with Crippen LogP contribution in [-0.4, -0.2) is 0 Å². The van der Waals surface area contributed by atoms with E-state index in [9.17, 15) is 0 Å². The molecule has 75 valence electrons. The predicted molar refractivity (Wildman–Crippen MR) is 61.3 cm³/mol. The van der Waals surface area contributed by atoms with Gasteiger partial charge in [-0.2, -0.15) is 0 Å². The lowest BCUT2D eigenvalue weighted by Gasteiger charge is -2.06. The first-order valence-electron chi connectivity index (χ1n) is 4.97. The minimum Gasteiger partial charge on any atom is -0.457 e. The number of aryl methyl sites for hydroxylation is 2. The second-order valence-electron chi connectivity index (χ2n) is 3.62. The number of rotatable bonds is 2. The predicted octanol–water partition coefficient (Wildman–Crippen LogP) is 3.90. The smallest absolute Gasteiger partial charge is 0.127 e. The molecule has 0 N–H and O–H groups in total. The van der Waals surface area contributed by atoms with Gasteiger partial charge in [0.15, 0.2) is 0 Å². The van der Waals surface area contributed by atoms with E-state index in [1.807, 2.05) is 49.4 Å². The zero-order chi connectivity index (χ0) is 10.7. The summed E-state index contributed by atoms with van der Waals surface area (Å²) in [4.78, 5) is 0. The summed E-state index contributed by atoms with van der Waals surface area (Å²) in [6.45, 7) is 4.06. The highest BCUT2D eigenvalue weighted by molar-refractivity contribution is 5.34. The Morgan fingerprint density at radius 1 is 0.933 bits per heavy atom. The van der Waals surface area contributed by atoms with E-state index in [0.29, 0.717) is 0 Å². The average molecular weight is 197 g/mol. The highest BCUT2D eigenvalue weighted by atomic mass is 16.5. The van der Waals surface area contributed by atoms with Crippen LogP contribution in [0.15, 0.2) is 42.5 Å². The minimum absolute atomic E-state index is 0.857. The van der Waals surface area contributed by atoms with Crippen LogP contribution in [0, 0.1) is 19.9 Å². The summed E-state index contributed by atoms with van der Waals surface area (Å²) >= 11 is 0. The third-order valence-corrected chi connectivity index (χ3v) is 2.17. The molecule has 2 aromatic carbocycles. The fraction of sp³-hybridized carbons (Fsp3) is 0.143. The maximum absolute atomic E-state index is 5.69. The van der Waals surface area contributed by atoms with E-state index in [-0.39, 0.29) is 0 Å². The van der Waals surface area contributed by atoms with Gasteiger partial charge in [-0.15, -0.1) is 0 Å². The van der Waals surface area contributed by atoms with Crippen LogP contribution >= 0.6 is 0 Å². The first-order valence-corrected chi connectivity index (χ1v) is 4.97. The zero-order valence-corrected chi connectivity index (χ0v) is 8.95. The lowest BCUT2D eigenvalue weighted by atomic mass is 10.2. The van der Waals surface area contributed by atoms with Crippen molar-refractivity contribution in [3.63, 3.8) is 0 Å². The maximum Gasteiger partial charge on any atom is 0.127 e. The van der Waals surface area contributed by atoms with Gasteiger partial charge in [-0.25, -0.2) is 0 Å². The Morgan fingerprint density at radius 2 is 1.67 bits per heavy atom. The van der Waals surface area contributed by atoms with Crippen molar-refractivity contribution in [2.24, 2.45) is 0 Å². The normalized spacial score (nSPS) is 10.0. The van der Waals surface area contributed by atoms with Crippen LogP contribution in [0.4, 0.5) is 0 Å². The molecule has 0 atom stereocenters. The first-order chi connectivity index (χ1) is 7.24. The Bertz CT molecular complexity index is 443. The summed E-state index contributed by atoms with van der Waals surface area (Å²) in [7, 11) is 0. The van der Waals surface area contributed by atoms with E-state index in [1.165, 1.54) is 5.56 Å². The van der Waals surface area contributed by atoms with Crippen LogP contribution in [0.1, 0.15) is 11.1 Å². The first kappa shape index (κ1) is 9.78. The Kier molecular flexibility index (Phi) is 2.72. The molecule has 0 aliphatic heterocycles. The van der Waals surface area contributed by atoms with Gasteiger partial charge in [-0.3, -0.25) is 0 Å². The molecule has 1 nitrogen and oxygen atoms in total. The molecule has 0 bridgehead atoms. The number of benzene rings is 2. The van der Waals surface area contributed by atoms with E-state index >= 15 is 0 Å². The van der Waals surface area contributed by atoms with E-state index < -0.39 is 0 Å². The number of hydrogen-bond donors (Lipinski definition) is 0. The summed E-state index contributed by atoms with van der Waals surface area (Å²) < 4.78 is 5.69. The highest BCUT2D eigenvalue weighted by Crippen LogP contribution is 2.21. The fourth-order valence-corrected chi connectivity index (χ4v) is 1.36. The third-order valence-electron chi connectivity index (χ3n) is 2.17. The quantitative estimate of drug-likeness (QED) is 0.709. The molecule has 0 heterocycles. The average Bonchev–Trinajstić information content (AvgIpc) is 2.22. The summed E-state index contributed by atoms with van der Waals surface area (Å²) in [5, 5.41) is 0. The topological polar surface area (TPSA) is 9.23 Å². The summed E-state index contributed by atoms with van der Waals surface area (Å²) in [5.41, 5.74) is 2.32. The van der Waals surface area contributed by atoms with Crippen molar-refractivity contribution in [3.8, 4) is 11.5 Å². The van der Waals surface area contributed by atoms with Gasteiger partial charge >= 0.3 is 0 Å². The van der Waals surface area contributed by atoms with Gasteiger partial charge in [0.2, 0.25) is 0 Å². The van der Waals surface area contributed by atoms with Crippen molar-refractivity contribution >= 4 is 0 Å². The van der Waals surface area contributed by atoms with Gasteiger partial charge in [0, 0.05) is 0 Å². The largest absolute Gasteiger partial charge is 0.457 e. The van der Waals surface area contributed by atoms with Gasteiger partial charge in [0.05, 0.1) is 0 Å². The Morgan fingerprint density at radius 3 is 2.33 bits per heavy atom. The van der Waals surface area contributed by atoms with Crippen LogP contribution in [0.2, 0.25) is 0 Å². The highest BCUT2D eigenvalue weighted by Gasteiger charge is 1.96. The van der Waals surface area contributed by atoms with Crippen LogP contribution < -0.4 is 4.74 Å². The molecule has 0 aliphatic rings. The molecular formula is C14H13O. The number of hydrogen-bond acceptors (Lipinski definition) is 1. The van der Waals surface area contributed by atoms with E-state index in [2.05, 4.69) is 13.0 Å². The fourth-order valence-electron chi connectivity index (χ4n) is 1.36. The number of ether oxygens (including phenoxy) is 1. The molecule has 0 saturated carbocycles. The van der Waals surface area contributed by atoms with Crippen LogP contribution in [0.3, 0.4) is 0 Å². The molecule has 0 aliphatic carbocycles. The lowest BCUT2D eigenvalue weighted by Crippen LogP contribution is -1.84. The second kappa shape index (κ2) is 4.18. The molecule has 0 fully saturated rings. The van der Waals surface area contributed by atoms with Crippen molar-refractivity contribution in [2.75, 3.05) is 0 Å². The summed E-state index contributed by atoms with van der Waals surface area (Å²) in [6, 6.07) is 16.9. The van der Waals surface area contributed by atoms with Crippen LogP contribution in [-0.2, 0) is 0 Å². The standard InChI is InChI=1S/C14H13O/c1-11-6-8-13(9-7-11)15-14-5-3-4-12(2)10-14/h3,5-10H,1-2H3. The summed E-state index contributed by atoms with van der Waals surface area (Å²) in [6.07, 6.45) is 0. The Hall–Kier alpha value is -1.76. The molecule has 0 aromatic heterocycles. The molecule has 2 aromatic rings. The summed E-state index contributed by atoms with van der Waals surface area (Å²) in [5.74, 6) is 1.72. The molecule has 1 radical (unpaired) electrons. The van der Waals surface area contributed by atoms with E-state index in [0.717, 1.165) is 17.1 Å². The van der Waals surface area contributed by atoms with Gasteiger partial charge < -0.3 is 4.74 Å². The molecule has 0 spiro atoms. The molecule has 0 amide bonds. The van der Waals surface area contributed by atoms with Gasteiger partial charge in [0.1, 0.15) is 11.5 Å². The van der Waals surface area contributed by atoms with Crippen molar-refractivity contribution in [1.29, 1.82) is 0 Å². The molecule has 0 unspecified atom stereocenters. The monoisotopic (exact) mass is 197 g/mol. The third kappa shape index (κ3) is 2.59. The minimum atomic E-state index is 0.857. The molecule has 1 heteroatoms. The SMILES string of the molecule is Cc1[c]ccc(Oc2ccc(C)cc2)c1. The van der Waals surface area contributed by atoms with Crippen molar-refractivity contribution in [1.82, 2.24) is 0 Å². The van der Waals surface area contributed by atoms with Crippen molar-refractivity contribution < 1.29 is 4.74 Å². The van der Waals surface area contributed by atoms with Gasteiger partial charge in [-0.05, 0) is 49.7 Å². The Labute approximate surface area is 90.3 Å². The maximum atomic E-state index is 5.69. The molecular weight excluding hydrogens is 184 g/mol. The van der Waals surface area contributed by atoms with Crippen LogP contribution in [0.25, 0.3) is 0 Å². The molecule has 0 saturated heterocycles.